The quantitative estimate of drug-likeness (QED) is 0.811. The zero-order valence-electron chi connectivity index (χ0n) is 10.7. The van der Waals surface area contributed by atoms with Crippen molar-refractivity contribution in [3.8, 4) is 0 Å². The molecule has 90 valence electrons. The SMILES string of the molecule is C=Cn1nc(C)c2nc(C)nc(CCCC)c21. The highest BCUT2D eigenvalue weighted by Gasteiger charge is 2.13. The first kappa shape index (κ1) is 11.8. The average molecular weight is 230 g/mol. The summed E-state index contributed by atoms with van der Waals surface area (Å²) in [4.78, 5) is 9.01. The van der Waals surface area contributed by atoms with Crippen LogP contribution in [0.2, 0.25) is 0 Å². The van der Waals surface area contributed by atoms with Crippen molar-refractivity contribution >= 4 is 17.2 Å². The second-order valence-electron chi connectivity index (χ2n) is 4.23. The molecule has 17 heavy (non-hydrogen) atoms. The van der Waals surface area contributed by atoms with E-state index in [1.54, 1.807) is 10.9 Å². The predicted octanol–water partition coefficient (Wildman–Crippen LogP) is 2.89. The molecule has 0 aromatic carbocycles. The number of rotatable bonds is 4. The van der Waals surface area contributed by atoms with Crippen LogP contribution in [-0.4, -0.2) is 19.7 Å². The maximum absolute atomic E-state index is 4.54. The van der Waals surface area contributed by atoms with Gasteiger partial charge in [0.05, 0.1) is 11.4 Å². The topological polar surface area (TPSA) is 43.6 Å². The van der Waals surface area contributed by atoms with Crippen molar-refractivity contribution < 1.29 is 0 Å². The summed E-state index contributed by atoms with van der Waals surface area (Å²) in [7, 11) is 0. The van der Waals surface area contributed by atoms with E-state index in [-0.39, 0.29) is 0 Å². The summed E-state index contributed by atoms with van der Waals surface area (Å²) in [5, 5.41) is 4.41. The van der Waals surface area contributed by atoms with Crippen molar-refractivity contribution in [2.24, 2.45) is 0 Å². The Hall–Kier alpha value is -1.71. The van der Waals surface area contributed by atoms with Crippen molar-refractivity contribution in [1.82, 2.24) is 19.7 Å². The predicted molar refractivity (Wildman–Crippen MR) is 69.8 cm³/mol. The fourth-order valence-corrected chi connectivity index (χ4v) is 2.03. The normalized spacial score (nSPS) is 11.0. The molecule has 0 N–H and O–H groups in total. The summed E-state index contributed by atoms with van der Waals surface area (Å²) >= 11 is 0. The van der Waals surface area contributed by atoms with Gasteiger partial charge in [0.1, 0.15) is 16.9 Å². The lowest BCUT2D eigenvalue weighted by Gasteiger charge is -2.04. The first-order valence-corrected chi connectivity index (χ1v) is 6.02. The van der Waals surface area contributed by atoms with Crippen molar-refractivity contribution in [2.45, 2.75) is 40.0 Å². The molecule has 0 saturated heterocycles. The minimum absolute atomic E-state index is 0.815. The molecule has 0 aliphatic heterocycles. The average Bonchev–Trinajstić information content (AvgIpc) is 2.63. The van der Waals surface area contributed by atoms with E-state index in [1.165, 1.54) is 0 Å². The van der Waals surface area contributed by atoms with Gasteiger partial charge in [-0.05, 0) is 26.7 Å². The number of fused-ring (bicyclic) bond motifs is 1. The molecule has 0 unspecified atom stereocenters. The molecular formula is C13H18N4. The molecule has 0 atom stereocenters. The molecule has 4 nitrogen and oxygen atoms in total. The molecule has 0 spiro atoms. The monoisotopic (exact) mass is 230 g/mol. The minimum Gasteiger partial charge on any atom is -0.237 e. The van der Waals surface area contributed by atoms with Gasteiger partial charge in [0.15, 0.2) is 0 Å². The fraction of sp³-hybridized carbons (Fsp3) is 0.462. The molecule has 2 aromatic rings. The Balaban J connectivity index is 2.67. The van der Waals surface area contributed by atoms with Crippen LogP contribution in [0, 0.1) is 13.8 Å². The van der Waals surface area contributed by atoms with E-state index in [9.17, 15) is 0 Å². The molecule has 0 bridgehead atoms. The van der Waals surface area contributed by atoms with Crippen LogP contribution in [0.15, 0.2) is 6.58 Å². The molecule has 0 fully saturated rings. The third kappa shape index (κ3) is 2.07. The van der Waals surface area contributed by atoms with Crippen LogP contribution in [0.25, 0.3) is 17.2 Å². The molecule has 0 amide bonds. The number of hydrogen-bond donors (Lipinski definition) is 0. The summed E-state index contributed by atoms with van der Waals surface area (Å²) in [6, 6.07) is 0. The number of unbranched alkanes of at least 4 members (excludes halogenated alkanes) is 1. The second kappa shape index (κ2) is 4.65. The first-order chi connectivity index (χ1) is 8.17. The first-order valence-electron chi connectivity index (χ1n) is 6.02. The molecule has 2 aromatic heterocycles. The standard InChI is InChI=1S/C13H18N4/c1-5-7-8-11-13-12(15-10(4)14-11)9(3)16-17(13)6-2/h6H,2,5,7-8H2,1,3-4H3. The molecule has 4 heteroatoms. The van der Waals surface area contributed by atoms with Gasteiger partial charge in [-0.25, -0.2) is 14.6 Å². The van der Waals surface area contributed by atoms with E-state index in [0.29, 0.717) is 0 Å². The van der Waals surface area contributed by atoms with Crippen LogP contribution in [0.4, 0.5) is 0 Å². The molecule has 2 rings (SSSR count). The lowest BCUT2D eigenvalue weighted by Crippen LogP contribution is -2.00. The Kier molecular flexibility index (Phi) is 3.22. The van der Waals surface area contributed by atoms with E-state index in [4.69, 9.17) is 0 Å². The number of aromatic nitrogens is 4. The van der Waals surface area contributed by atoms with Gasteiger partial charge in [-0.1, -0.05) is 19.9 Å². The van der Waals surface area contributed by atoms with Gasteiger partial charge >= 0.3 is 0 Å². The van der Waals surface area contributed by atoms with E-state index >= 15 is 0 Å². The van der Waals surface area contributed by atoms with Crippen molar-refractivity contribution in [1.29, 1.82) is 0 Å². The zero-order chi connectivity index (χ0) is 12.4. The van der Waals surface area contributed by atoms with E-state index in [0.717, 1.165) is 47.5 Å². The van der Waals surface area contributed by atoms with E-state index in [2.05, 4.69) is 28.6 Å². The van der Waals surface area contributed by atoms with Crippen LogP contribution in [0.1, 0.15) is 37.0 Å². The lowest BCUT2D eigenvalue weighted by molar-refractivity contribution is 0.770. The van der Waals surface area contributed by atoms with Gasteiger partial charge in [-0.3, -0.25) is 0 Å². The van der Waals surface area contributed by atoms with Gasteiger partial charge in [-0.2, -0.15) is 5.10 Å². The summed E-state index contributed by atoms with van der Waals surface area (Å²) in [6.45, 7) is 9.87. The summed E-state index contributed by atoms with van der Waals surface area (Å²) < 4.78 is 1.79. The Morgan fingerprint density at radius 3 is 2.71 bits per heavy atom. The summed E-state index contributed by atoms with van der Waals surface area (Å²) in [5.41, 5.74) is 3.97. The smallest absolute Gasteiger partial charge is 0.126 e. The molecule has 0 aliphatic carbocycles. The van der Waals surface area contributed by atoms with Crippen LogP contribution >= 0.6 is 0 Å². The maximum atomic E-state index is 4.54. The van der Waals surface area contributed by atoms with Crippen molar-refractivity contribution in [2.75, 3.05) is 0 Å². The largest absolute Gasteiger partial charge is 0.237 e. The minimum atomic E-state index is 0.815. The van der Waals surface area contributed by atoms with Gasteiger partial charge < -0.3 is 0 Å². The van der Waals surface area contributed by atoms with Crippen LogP contribution < -0.4 is 0 Å². The Bertz CT molecular complexity index is 554. The van der Waals surface area contributed by atoms with Gasteiger partial charge in [0.2, 0.25) is 0 Å². The third-order valence-electron chi connectivity index (χ3n) is 2.84. The highest BCUT2D eigenvalue weighted by atomic mass is 15.3. The molecule has 0 saturated carbocycles. The van der Waals surface area contributed by atoms with Gasteiger partial charge in [0, 0.05) is 6.20 Å². The highest BCUT2D eigenvalue weighted by molar-refractivity contribution is 5.81. The van der Waals surface area contributed by atoms with Crippen molar-refractivity contribution in [3.63, 3.8) is 0 Å². The molecular weight excluding hydrogens is 212 g/mol. The fourth-order valence-electron chi connectivity index (χ4n) is 2.03. The molecule has 0 aliphatic rings. The van der Waals surface area contributed by atoms with Crippen LogP contribution in [0.5, 0.6) is 0 Å². The Labute approximate surface area is 101 Å². The number of nitrogens with zero attached hydrogens (tertiary/aromatic N) is 4. The van der Waals surface area contributed by atoms with Crippen molar-refractivity contribution in [3.05, 3.63) is 23.8 Å². The van der Waals surface area contributed by atoms with E-state index in [1.807, 2.05) is 13.8 Å². The van der Waals surface area contributed by atoms with Gasteiger partial charge in [-0.15, -0.1) is 0 Å². The maximum Gasteiger partial charge on any atom is 0.126 e. The second-order valence-corrected chi connectivity index (χ2v) is 4.23. The number of aryl methyl sites for hydroxylation is 3. The molecule has 2 heterocycles. The third-order valence-corrected chi connectivity index (χ3v) is 2.84. The molecule has 0 radical (unpaired) electrons. The lowest BCUT2D eigenvalue weighted by atomic mass is 10.1. The zero-order valence-corrected chi connectivity index (χ0v) is 10.7. The van der Waals surface area contributed by atoms with Gasteiger partial charge in [0.25, 0.3) is 0 Å². The number of hydrogen-bond acceptors (Lipinski definition) is 3. The van der Waals surface area contributed by atoms with E-state index < -0.39 is 0 Å². The highest BCUT2D eigenvalue weighted by Crippen LogP contribution is 2.20. The van der Waals surface area contributed by atoms with Crippen LogP contribution in [0.3, 0.4) is 0 Å². The summed E-state index contributed by atoms with van der Waals surface area (Å²) in [5.74, 6) is 0.815. The Morgan fingerprint density at radius 1 is 1.29 bits per heavy atom. The Morgan fingerprint density at radius 2 is 2.06 bits per heavy atom. The summed E-state index contributed by atoms with van der Waals surface area (Å²) in [6.07, 6.45) is 4.97. The van der Waals surface area contributed by atoms with Crippen LogP contribution in [-0.2, 0) is 6.42 Å².